The van der Waals surface area contributed by atoms with Crippen LogP contribution in [0.2, 0.25) is 0 Å². The summed E-state index contributed by atoms with van der Waals surface area (Å²) in [6, 6.07) is 48.0. The number of furan rings is 1. The molecule has 43 heavy (non-hydrogen) atoms. The van der Waals surface area contributed by atoms with Gasteiger partial charge in [-0.1, -0.05) is 121 Å². The van der Waals surface area contributed by atoms with Gasteiger partial charge in [0.1, 0.15) is 11.2 Å². The van der Waals surface area contributed by atoms with Gasteiger partial charge in [-0.2, -0.15) is 0 Å². The molecule has 0 spiro atoms. The predicted molar refractivity (Wildman–Crippen MR) is 176 cm³/mol. The van der Waals surface area contributed by atoms with Gasteiger partial charge in [0, 0.05) is 32.8 Å². The third-order valence-corrected chi connectivity index (χ3v) is 8.30. The van der Waals surface area contributed by atoms with Crippen molar-refractivity contribution in [2.24, 2.45) is 0 Å². The maximum atomic E-state index is 6.53. The normalized spacial score (nSPS) is 11.7. The van der Waals surface area contributed by atoms with Gasteiger partial charge in [-0.15, -0.1) is 0 Å². The van der Waals surface area contributed by atoms with Crippen LogP contribution in [0.4, 0.5) is 0 Å². The number of hydrogen-bond acceptors (Lipinski definition) is 4. The number of hydrogen-bond donors (Lipinski definition) is 0. The van der Waals surface area contributed by atoms with Crippen LogP contribution in [0.15, 0.2) is 144 Å². The number of aromatic nitrogens is 3. The van der Waals surface area contributed by atoms with Crippen molar-refractivity contribution < 1.29 is 4.42 Å². The van der Waals surface area contributed by atoms with Gasteiger partial charge in [0.15, 0.2) is 17.5 Å². The minimum Gasteiger partial charge on any atom is -0.455 e. The highest BCUT2D eigenvalue weighted by Gasteiger charge is 2.18. The summed E-state index contributed by atoms with van der Waals surface area (Å²) in [5, 5.41) is 9.21. The summed E-state index contributed by atoms with van der Waals surface area (Å²) < 4.78 is 6.53. The molecular formula is C39H23N3O. The van der Waals surface area contributed by atoms with E-state index in [2.05, 4.69) is 66.7 Å². The molecule has 0 aliphatic carbocycles. The van der Waals surface area contributed by atoms with Crippen molar-refractivity contribution in [3.8, 4) is 34.2 Å². The Morgan fingerprint density at radius 1 is 0.349 bits per heavy atom. The Balaban J connectivity index is 1.35. The van der Waals surface area contributed by atoms with E-state index in [-0.39, 0.29) is 0 Å². The molecule has 0 aliphatic rings. The number of rotatable bonds is 3. The lowest BCUT2D eigenvalue weighted by atomic mass is 9.92. The largest absolute Gasteiger partial charge is 0.455 e. The van der Waals surface area contributed by atoms with E-state index in [1.54, 1.807) is 0 Å². The van der Waals surface area contributed by atoms with Crippen molar-refractivity contribution in [3.05, 3.63) is 140 Å². The fraction of sp³-hybridized carbons (Fsp3) is 0. The van der Waals surface area contributed by atoms with Crippen molar-refractivity contribution in [1.82, 2.24) is 15.0 Å². The topological polar surface area (TPSA) is 51.8 Å². The molecule has 2 heterocycles. The maximum Gasteiger partial charge on any atom is 0.164 e. The third kappa shape index (κ3) is 3.74. The smallest absolute Gasteiger partial charge is 0.164 e. The monoisotopic (exact) mass is 549 g/mol. The van der Waals surface area contributed by atoms with Crippen molar-refractivity contribution in [3.63, 3.8) is 0 Å². The van der Waals surface area contributed by atoms with E-state index in [1.165, 1.54) is 16.2 Å². The van der Waals surface area contributed by atoms with E-state index >= 15 is 0 Å². The van der Waals surface area contributed by atoms with Crippen LogP contribution in [0.25, 0.3) is 88.4 Å². The number of para-hydroxylation sites is 1. The summed E-state index contributed by atoms with van der Waals surface area (Å²) in [7, 11) is 0. The molecule has 0 unspecified atom stereocenters. The Hall–Kier alpha value is -5.87. The van der Waals surface area contributed by atoms with Gasteiger partial charge in [-0.05, 0) is 45.1 Å². The first kappa shape index (κ1) is 23.8. The molecule has 0 atom stereocenters. The average Bonchev–Trinajstić information content (AvgIpc) is 3.47. The van der Waals surface area contributed by atoms with Crippen molar-refractivity contribution >= 4 is 54.3 Å². The second kappa shape index (κ2) is 9.33. The molecule has 4 heteroatoms. The van der Waals surface area contributed by atoms with E-state index in [0.29, 0.717) is 17.5 Å². The fourth-order valence-corrected chi connectivity index (χ4v) is 6.30. The first-order chi connectivity index (χ1) is 21.3. The highest BCUT2D eigenvalue weighted by molar-refractivity contribution is 6.32. The Bertz CT molecular complexity index is 2440. The first-order valence-electron chi connectivity index (χ1n) is 14.4. The molecule has 0 fully saturated rings. The minimum atomic E-state index is 0.640. The van der Waals surface area contributed by atoms with Crippen LogP contribution in [0, 0.1) is 0 Å². The average molecular weight is 550 g/mol. The van der Waals surface area contributed by atoms with Gasteiger partial charge in [0.2, 0.25) is 0 Å². The van der Waals surface area contributed by atoms with Crippen LogP contribution in [0.3, 0.4) is 0 Å². The molecule has 0 saturated heterocycles. The number of nitrogens with zero attached hydrogens (tertiary/aromatic N) is 3. The van der Waals surface area contributed by atoms with E-state index in [1.807, 2.05) is 72.8 Å². The Morgan fingerprint density at radius 2 is 0.837 bits per heavy atom. The van der Waals surface area contributed by atoms with E-state index in [0.717, 1.165) is 54.8 Å². The first-order valence-corrected chi connectivity index (χ1v) is 14.4. The molecule has 7 aromatic carbocycles. The lowest BCUT2D eigenvalue weighted by Crippen LogP contribution is -2.00. The molecule has 0 aliphatic heterocycles. The molecule has 0 saturated carbocycles. The van der Waals surface area contributed by atoms with Crippen LogP contribution in [0.5, 0.6) is 0 Å². The molecule has 9 aromatic rings. The maximum absolute atomic E-state index is 6.53. The number of benzene rings is 7. The van der Waals surface area contributed by atoms with Crippen LogP contribution in [-0.2, 0) is 0 Å². The Morgan fingerprint density at radius 3 is 1.51 bits per heavy atom. The predicted octanol–water partition coefficient (Wildman–Crippen LogP) is 10.2. The highest BCUT2D eigenvalue weighted by Crippen LogP contribution is 2.42. The van der Waals surface area contributed by atoms with Gasteiger partial charge < -0.3 is 4.42 Å². The standard InChI is InChI=1S/C39H23N3O/c1-3-11-24(12-4-1)37-40-38(25-13-5-2-6-14-25)42-39(41-37)26-19-20-31-33(23-26)28-16-8-7-15-27(28)30-21-22-32-29-17-9-10-18-34(29)43-36(32)35(30)31/h1-23H. The summed E-state index contributed by atoms with van der Waals surface area (Å²) in [6.45, 7) is 0. The van der Waals surface area contributed by atoms with E-state index in [9.17, 15) is 0 Å². The summed E-state index contributed by atoms with van der Waals surface area (Å²) in [6.07, 6.45) is 0. The fourth-order valence-electron chi connectivity index (χ4n) is 6.30. The third-order valence-electron chi connectivity index (χ3n) is 8.30. The summed E-state index contributed by atoms with van der Waals surface area (Å²) in [5.74, 6) is 1.94. The summed E-state index contributed by atoms with van der Waals surface area (Å²) >= 11 is 0. The zero-order valence-corrected chi connectivity index (χ0v) is 23.0. The molecule has 2 aromatic heterocycles. The van der Waals surface area contributed by atoms with Crippen molar-refractivity contribution in [2.45, 2.75) is 0 Å². The van der Waals surface area contributed by atoms with Crippen LogP contribution in [0.1, 0.15) is 0 Å². The van der Waals surface area contributed by atoms with Crippen LogP contribution >= 0.6 is 0 Å². The summed E-state index contributed by atoms with van der Waals surface area (Å²) in [5.41, 5.74) is 4.65. The second-order valence-electron chi connectivity index (χ2n) is 10.8. The lowest BCUT2D eigenvalue weighted by Gasteiger charge is -2.13. The molecule has 0 bridgehead atoms. The lowest BCUT2D eigenvalue weighted by molar-refractivity contribution is 0.673. The molecule has 4 nitrogen and oxygen atoms in total. The van der Waals surface area contributed by atoms with Gasteiger partial charge in [0.05, 0.1) is 0 Å². The molecule has 0 N–H and O–H groups in total. The van der Waals surface area contributed by atoms with E-state index < -0.39 is 0 Å². The number of fused-ring (bicyclic) bond motifs is 10. The van der Waals surface area contributed by atoms with Gasteiger partial charge >= 0.3 is 0 Å². The Labute approximate surface area is 246 Å². The Kier molecular flexibility index (Phi) is 5.16. The second-order valence-corrected chi connectivity index (χ2v) is 10.8. The molecule has 200 valence electrons. The van der Waals surface area contributed by atoms with Gasteiger partial charge in [-0.3, -0.25) is 0 Å². The van der Waals surface area contributed by atoms with Gasteiger partial charge in [0.25, 0.3) is 0 Å². The molecule has 0 radical (unpaired) electrons. The van der Waals surface area contributed by atoms with Crippen LogP contribution in [-0.4, -0.2) is 15.0 Å². The zero-order valence-electron chi connectivity index (χ0n) is 23.0. The van der Waals surface area contributed by atoms with Crippen molar-refractivity contribution in [2.75, 3.05) is 0 Å². The highest BCUT2D eigenvalue weighted by atomic mass is 16.3. The molecular weight excluding hydrogens is 526 g/mol. The molecule has 9 rings (SSSR count). The molecule has 0 amide bonds. The van der Waals surface area contributed by atoms with Crippen molar-refractivity contribution in [1.29, 1.82) is 0 Å². The summed E-state index contributed by atoms with van der Waals surface area (Å²) in [4.78, 5) is 14.8. The minimum absolute atomic E-state index is 0.640. The zero-order chi connectivity index (χ0) is 28.3. The van der Waals surface area contributed by atoms with Gasteiger partial charge in [-0.25, -0.2) is 15.0 Å². The quantitative estimate of drug-likeness (QED) is 0.206. The van der Waals surface area contributed by atoms with Crippen LogP contribution < -0.4 is 0 Å². The van der Waals surface area contributed by atoms with E-state index in [4.69, 9.17) is 19.4 Å². The SMILES string of the molecule is c1ccc(-c2nc(-c3ccccc3)nc(-c3ccc4c(c3)c3ccccc3c3ccc5c6ccccc6oc5c34)n2)cc1.